The molecular weight excluding hydrogens is 422 g/mol. The van der Waals surface area contributed by atoms with Gasteiger partial charge in [0.15, 0.2) is 5.03 Å². The van der Waals surface area contributed by atoms with Crippen molar-refractivity contribution in [3.8, 4) is 0 Å². The fourth-order valence-electron chi connectivity index (χ4n) is 4.58. The highest BCUT2D eigenvalue weighted by Gasteiger charge is 2.27. The molecule has 1 aliphatic carbocycles. The van der Waals surface area contributed by atoms with E-state index < -0.39 is 15.9 Å². The molecule has 0 spiro atoms. The first-order chi connectivity index (χ1) is 15.1. The quantitative estimate of drug-likeness (QED) is 0.572. The van der Waals surface area contributed by atoms with E-state index in [2.05, 4.69) is 30.3 Å². The van der Waals surface area contributed by atoms with Gasteiger partial charge in [-0.05, 0) is 55.5 Å². The van der Waals surface area contributed by atoms with Gasteiger partial charge in [-0.1, -0.05) is 46.1 Å². The number of aliphatic hydroxyl groups is 1. The summed E-state index contributed by atoms with van der Waals surface area (Å²) in [7, 11) is -3.78. The van der Waals surface area contributed by atoms with Crippen LogP contribution >= 0.6 is 0 Å². The molecule has 2 heterocycles. The van der Waals surface area contributed by atoms with E-state index in [1.165, 1.54) is 44.4 Å². The third-order valence-electron chi connectivity index (χ3n) is 6.38. The summed E-state index contributed by atoms with van der Waals surface area (Å²) < 4.78 is 28.7. The molecule has 32 heavy (non-hydrogen) atoms. The van der Waals surface area contributed by atoms with Crippen LogP contribution in [0.25, 0.3) is 11.0 Å². The van der Waals surface area contributed by atoms with Crippen molar-refractivity contribution in [1.82, 2.24) is 14.5 Å². The number of hydrogen-bond acceptors (Lipinski definition) is 5. The lowest BCUT2D eigenvalue weighted by molar-refractivity contribution is 0.198. The van der Waals surface area contributed by atoms with E-state index in [9.17, 15) is 13.5 Å². The van der Waals surface area contributed by atoms with Gasteiger partial charge in [0.1, 0.15) is 5.82 Å². The lowest BCUT2D eigenvalue weighted by atomic mass is 9.88. The van der Waals surface area contributed by atoms with Crippen LogP contribution in [-0.2, 0) is 21.8 Å². The molecular formula is C25H33N3O3S. The standard InChI is InChI=1S/C25H33N3O3S/c1-17(29)19-10-13-23(26-15-19)32(30,31)20-11-12-22-21(14-20)27-24(25(2,3)4)28(22)16-18-8-6-5-7-9-18/h10-15,17-18,29H,5-9,16H2,1-4H3. The van der Waals surface area contributed by atoms with Crippen molar-refractivity contribution >= 4 is 20.9 Å². The van der Waals surface area contributed by atoms with Crippen LogP contribution in [0.1, 0.15) is 77.3 Å². The maximum Gasteiger partial charge on any atom is 0.223 e. The molecule has 6 nitrogen and oxygen atoms in total. The van der Waals surface area contributed by atoms with Gasteiger partial charge in [0, 0.05) is 18.2 Å². The average molecular weight is 456 g/mol. The van der Waals surface area contributed by atoms with Gasteiger partial charge in [0.25, 0.3) is 0 Å². The van der Waals surface area contributed by atoms with Crippen molar-refractivity contribution in [1.29, 1.82) is 0 Å². The van der Waals surface area contributed by atoms with Gasteiger partial charge in [0.05, 0.1) is 22.0 Å². The Hall–Kier alpha value is -2.25. The van der Waals surface area contributed by atoms with Gasteiger partial charge in [-0.2, -0.15) is 0 Å². The second-order valence-electron chi connectivity index (χ2n) is 10.1. The molecule has 1 unspecified atom stereocenters. The summed E-state index contributed by atoms with van der Waals surface area (Å²) in [5.41, 5.74) is 2.12. The molecule has 0 aliphatic heterocycles. The van der Waals surface area contributed by atoms with E-state index in [1.54, 1.807) is 25.1 Å². The maximum absolute atomic E-state index is 13.2. The minimum absolute atomic E-state index is 0.0288. The highest BCUT2D eigenvalue weighted by atomic mass is 32.2. The number of fused-ring (bicyclic) bond motifs is 1. The van der Waals surface area contributed by atoms with Crippen LogP contribution in [0.2, 0.25) is 0 Å². The second-order valence-corrected chi connectivity index (χ2v) is 12.0. The summed E-state index contributed by atoms with van der Waals surface area (Å²) in [5.74, 6) is 1.63. The molecule has 2 aromatic heterocycles. The molecule has 1 aliphatic rings. The fraction of sp³-hybridized carbons (Fsp3) is 0.520. The highest BCUT2D eigenvalue weighted by Crippen LogP contribution is 2.32. The van der Waals surface area contributed by atoms with Crippen molar-refractivity contribution in [3.63, 3.8) is 0 Å². The average Bonchev–Trinajstić information content (AvgIpc) is 3.13. The molecule has 0 saturated heterocycles. The smallest absolute Gasteiger partial charge is 0.223 e. The minimum Gasteiger partial charge on any atom is -0.389 e. The minimum atomic E-state index is -3.78. The third kappa shape index (κ3) is 4.46. The first kappa shape index (κ1) is 22.9. The topological polar surface area (TPSA) is 85.1 Å². The van der Waals surface area contributed by atoms with Crippen LogP contribution in [-0.4, -0.2) is 28.1 Å². The van der Waals surface area contributed by atoms with Gasteiger partial charge >= 0.3 is 0 Å². The predicted octanol–water partition coefficient (Wildman–Crippen LogP) is 5.20. The number of imidazole rings is 1. The summed E-state index contributed by atoms with van der Waals surface area (Å²) in [6.45, 7) is 9.00. The van der Waals surface area contributed by atoms with Crippen molar-refractivity contribution in [2.45, 2.75) is 87.8 Å². The number of benzene rings is 1. The molecule has 172 valence electrons. The molecule has 1 atom stereocenters. The molecule has 0 radical (unpaired) electrons. The summed E-state index contributed by atoms with van der Waals surface area (Å²) in [5, 5.41) is 9.64. The Labute approximate surface area is 190 Å². The Morgan fingerprint density at radius 2 is 1.84 bits per heavy atom. The Balaban J connectivity index is 1.75. The van der Waals surface area contributed by atoms with Crippen molar-refractivity contribution in [2.24, 2.45) is 5.92 Å². The molecule has 0 amide bonds. The van der Waals surface area contributed by atoms with E-state index in [0.29, 0.717) is 17.0 Å². The van der Waals surface area contributed by atoms with E-state index in [1.807, 2.05) is 6.07 Å². The van der Waals surface area contributed by atoms with E-state index in [4.69, 9.17) is 4.98 Å². The SMILES string of the molecule is CC(O)c1ccc(S(=O)(=O)c2ccc3c(c2)nc(C(C)(C)C)n3CC2CCCCC2)nc1. The second kappa shape index (κ2) is 8.60. The zero-order valence-corrected chi connectivity index (χ0v) is 20.2. The Morgan fingerprint density at radius 3 is 2.44 bits per heavy atom. The Bertz CT molecular complexity index is 1200. The normalized spacial score (nSPS) is 17.0. The van der Waals surface area contributed by atoms with Crippen LogP contribution in [0.5, 0.6) is 0 Å². The van der Waals surface area contributed by atoms with Crippen molar-refractivity contribution in [3.05, 3.63) is 47.9 Å². The van der Waals surface area contributed by atoms with Crippen LogP contribution < -0.4 is 0 Å². The predicted molar refractivity (Wildman–Crippen MR) is 125 cm³/mol. The number of sulfone groups is 1. The van der Waals surface area contributed by atoms with Crippen LogP contribution in [0.3, 0.4) is 0 Å². The highest BCUT2D eigenvalue weighted by molar-refractivity contribution is 7.91. The zero-order chi connectivity index (χ0) is 23.1. The van der Waals surface area contributed by atoms with Crippen LogP contribution in [0.4, 0.5) is 0 Å². The number of rotatable bonds is 5. The van der Waals surface area contributed by atoms with Gasteiger partial charge < -0.3 is 9.67 Å². The number of pyridine rings is 1. The summed E-state index contributed by atoms with van der Waals surface area (Å²) in [4.78, 5) is 9.18. The summed E-state index contributed by atoms with van der Waals surface area (Å²) in [6.07, 6.45) is 7.08. The van der Waals surface area contributed by atoms with Gasteiger partial charge in [-0.15, -0.1) is 0 Å². The number of aliphatic hydroxyl groups excluding tert-OH is 1. The van der Waals surface area contributed by atoms with Gasteiger partial charge in [-0.3, -0.25) is 0 Å². The number of hydrogen-bond donors (Lipinski definition) is 1. The summed E-state index contributed by atoms with van der Waals surface area (Å²) >= 11 is 0. The lowest BCUT2D eigenvalue weighted by Gasteiger charge is -2.26. The molecule has 0 bridgehead atoms. The maximum atomic E-state index is 13.2. The number of nitrogens with zero attached hydrogens (tertiary/aromatic N) is 3. The third-order valence-corrected chi connectivity index (χ3v) is 8.05. The summed E-state index contributed by atoms with van der Waals surface area (Å²) in [6, 6.07) is 8.26. The first-order valence-electron chi connectivity index (χ1n) is 11.5. The van der Waals surface area contributed by atoms with Crippen molar-refractivity contribution in [2.75, 3.05) is 0 Å². The monoisotopic (exact) mass is 455 g/mol. The first-order valence-corrected chi connectivity index (χ1v) is 13.0. The largest absolute Gasteiger partial charge is 0.389 e. The Morgan fingerprint density at radius 1 is 1.12 bits per heavy atom. The molecule has 3 aromatic rings. The molecule has 1 fully saturated rings. The molecule has 1 saturated carbocycles. The van der Waals surface area contributed by atoms with E-state index >= 15 is 0 Å². The molecule has 4 rings (SSSR count). The molecule has 1 aromatic carbocycles. The molecule has 1 N–H and O–H groups in total. The van der Waals surface area contributed by atoms with E-state index in [-0.39, 0.29) is 15.3 Å². The lowest BCUT2D eigenvalue weighted by Crippen LogP contribution is -2.22. The fourth-order valence-corrected chi connectivity index (χ4v) is 5.77. The van der Waals surface area contributed by atoms with E-state index in [0.717, 1.165) is 17.9 Å². The zero-order valence-electron chi connectivity index (χ0n) is 19.4. The Kier molecular flexibility index (Phi) is 6.16. The number of aromatic nitrogens is 3. The van der Waals surface area contributed by atoms with Crippen molar-refractivity contribution < 1.29 is 13.5 Å². The molecule has 7 heteroatoms. The van der Waals surface area contributed by atoms with Gasteiger partial charge in [-0.25, -0.2) is 18.4 Å². The van der Waals surface area contributed by atoms with Crippen LogP contribution in [0, 0.1) is 5.92 Å². The van der Waals surface area contributed by atoms with Gasteiger partial charge in [0.2, 0.25) is 9.84 Å². The van der Waals surface area contributed by atoms with Crippen LogP contribution in [0.15, 0.2) is 46.5 Å².